The van der Waals surface area contributed by atoms with E-state index in [2.05, 4.69) is 21.2 Å². The van der Waals surface area contributed by atoms with E-state index in [-0.39, 0.29) is 6.61 Å². The zero-order valence-corrected chi connectivity index (χ0v) is 13.4. The van der Waals surface area contributed by atoms with Crippen LogP contribution in [0.25, 0.3) is 0 Å². The molecule has 2 aliphatic rings. The first-order valence-electron chi connectivity index (χ1n) is 8.71. The second-order valence-electron chi connectivity index (χ2n) is 6.48. The van der Waals surface area contributed by atoms with Gasteiger partial charge in [0, 0.05) is 45.4 Å². The number of piperidine rings is 1. The Labute approximate surface area is 133 Å². The normalized spacial score (nSPS) is 26.1. The Bertz CT molecular complexity index is 416. The molecule has 0 saturated carbocycles. The predicted octanol–water partition coefficient (Wildman–Crippen LogP) is 1.46. The average Bonchev–Trinajstić information content (AvgIpc) is 3.09. The zero-order valence-electron chi connectivity index (χ0n) is 13.4. The number of aliphatic hydroxyl groups excluding tert-OH is 1. The number of aliphatic hydroxyl groups is 1. The molecule has 2 fully saturated rings. The fourth-order valence-corrected chi connectivity index (χ4v) is 3.87. The molecule has 2 saturated heterocycles. The van der Waals surface area contributed by atoms with E-state index in [9.17, 15) is 5.11 Å². The molecule has 5 nitrogen and oxygen atoms in total. The van der Waals surface area contributed by atoms with Crippen molar-refractivity contribution in [3.05, 3.63) is 24.2 Å². The molecule has 22 heavy (non-hydrogen) atoms. The maximum absolute atomic E-state index is 9.40. The summed E-state index contributed by atoms with van der Waals surface area (Å²) >= 11 is 0. The van der Waals surface area contributed by atoms with Gasteiger partial charge in [-0.15, -0.1) is 0 Å². The van der Waals surface area contributed by atoms with Gasteiger partial charge < -0.3 is 14.8 Å². The van der Waals surface area contributed by atoms with Crippen LogP contribution in [0.15, 0.2) is 22.8 Å². The van der Waals surface area contributed by atoms with E-state index in [1.165, 1.54) is 19.3 Å². The number of likely N-dealkylation sites (tertiary alicyclic amines) is 1. The molecule has 124 valence electrons. The van der Waals surface area contributed by atoms with Gasteiger partial charge in [0.15, 0.2) is 0 Å². The highest BCUT2D eigenvalue weighted by Gasteiger charge is 2.32. The Balaban J connectivity index is 1.74. The van der Waals surface area contributed by atoms with E-state index in [1.54, 1.807) is 6.26 Å². The SMILES string of the molecule is OCCC1CCCCN1C(CN1CCNCC1)c1ccco1. The molecule has 1 aromatic rings. The Morgan fingerprint density at radius 1 is 1.27 bits per heavy atom. The van der Waals surface area contributed by atoms with E-state index in [0.29, 0.717) is 12.1 Å². The zero-order chi connectivity index (χ0) is 15.2. The third-order valence-electron chi connectivity index (χ3n) is 5.05. The van der Waals surface area contributed by atoms with Crippen LogP contribution in [0.4, 0.5) is 0 Å². The van der Waals surface area contributed by atoms with Crippen LogP contribution in [0.2, 0.25) is 0 Å². The molecule has 1 aromatic heterocycles. The second-order valence-corrected chi connectivity index (χ2v) is 6.48. The molecule has 2 aliphatic heterocycles. The Morgan fingerprint density at radius 2 is 2.14 bits per heavy atom. The predicted molar refractivity (Wildman–Crippen MR) is 86.8 cm³/mol. The van der Waals surface area contributed by atoms with Crippen LogP contribution in [0, 0.1) is 0 Å². The van der Waals surface area contributed by atoms with E-state index < -0.39 is 0 Å². The third kappa shape index (κ3) is 3.90. The van der Waals surface area contributed by atoms with Crippen LogP contribution < -0.4 is 5.32 Å². The van der Waals surface area contributed by atoms with Crippen molar-refractivity contribution in [3.8, 4) is 0 Å². The molecular formula is C17H29N3O2. The molecule has 0 bridgehead atoms. The lowest BCUT2D eigenvalue weighted by molar-refractivity contribution is 0.0417. The topological polar surface area (TPSA) is 51.9 Å². The summed E-state index contributed by atoms with van der Waals surface area (Å²) in [5.41, 5.74) is 0. The number of nitrogens with one attached hydrogen (secondary N) is 1. The lowest BCUT2D eigenvalue weighted by Gasteiger charge is -2.42. The third-order valence-corrected chi connectivity index (χ3v) is 5.05. The van der Waals surface area contributed by atoms with Gasteiger partial charge in [0.1, 0.15) is 5.76 Å². The molecule has 0 radical (unpaired) electrons. The largest absolute Gasteiger partial charge is 0.468 e. The van der Waals surface area contributed by atoms with E-state index >= 15 is 0 Å². The summed E-state index contributed by atoms with van der Waals surface area (Å²) in [6.07, 6.45) is 6.38. The number of nitrogens with zero attached hydrogens (tertiary/aromatic N) is 2. The van der Waals surface area contributed by atoms with Gasteiger partial charge >= 0.3 is 0 Å². The first-order valence-corrected chi connectivity index (χ1v) is 8.71. The first kappa shape index (κ1) is 16.0. The first-order chi connectivity index (χ1) is 10.9. The minimum absolute atomic E-state index is 0.277. The summed E-state index contributed by atoms with van der Waals surface area (Å²) in [4.78, 5) is 5.12. The van der Waals surface area contributed by atoms with Crippen LogP contribution in [0.5, 0.6) is 0 Å². The average molecular weight is 307 g/mol. The number of hydrogen-bond acceptors (Lipinski definition) is 5. The quantitative estimate of drug-likeness (QED) is 0.833. The summed E-state index contributed by atoms with van der Waals surface area (Å²) in [6, 6.07) is 4.89. The van der Waals surface area contributed by atoms with Gasteiger partial charge in [-0.05, 0) is 37.9 Å². The highest BCUT2D eigenvalue weighted by molar-refractivity contribution is 5.07. The molecule has 3 rings (SSSR count). The summed E-state index contributed by atoms with van der Waals surface area (Å²) in [6.45, 7) is 6.78. The van der Waals surface area contributed by atoms with Gasteiger partial charge in [0.05, 0.1) is 12.3 Å². The minimum atomic E-state index is 0.277. The van der Waals surface area contributed by atoms with Crippen molar-refractivity contribution in [1.82, 2.24) is 15.1 Å². The maximum atomic E-state index is 9.40. The summed E-state index contributed by atoms with van der Waals surface area (Å²) in [7, 11) is 0. The van der Waals surface area contributed by atoms with Crippen LogP contribution >= 0.6 is 0 Å². The number of piperazine rings is 1. The lowest BCUT2D eigenvalue weighted by atomic mass is 9.96. The van der Waals surface area contributed by atoms with E-state index in [0.717, 1.165) is 51.4 Å². The van der Waals surface area contributed by atoms with Crippen molar-refractivity contribution >= 4 is 0 Å². The van der Waals surface area contributed by atoms with Gasteiger partial charge in [-0.1, -0.05) is 6.42 Å². The van der Waals surface area contributed by atoms with Crippen molar-refractivity contribution in [2.75, 3.05) is 45.9 Å². The summed E-state index contributed by atoms with van der Waals surface area (Å²) in [5.74, 6) is 1.07. The molecule has 5 heteroatoms. The van der Waals surface area contributed by atoms with Crippen molar-refractivity contribution in [2.24, 2.45) is 0 Å². The Morgan fingerprint density at radius 3 is 2.86 bits per heavy atom. The lowest BCUT2D eigenvalue weighted by Crippen LogP contribution is -2.50. The van der Waals surface area contributed by atoms with Crippen molar-refractivity contribution < 1.29 is 9.52 Å². The molecular weight excluding hydrogens is 278 g/mol. The maximum Gasteiger partial charge on any atom is 0.122 e. The molecule has 0 aliphatic carbocycles. The van der Waals surface area contributed by atoms with Crippen LogP contribution in [0.3, 0.4) is 0 Å². The van der Waals surface area contributed by atoms with Crippen LogP contribution in [-0.2, 0) is 0 Å². The highest BCUT2D eigenvalue weighted by Crippen LogP contribution is 2.31. The van der Waals surface area contributed by atoms with Crippen molar-refractivity contribution in [2.45, 2.75) is 37.8 Å². The van der Waals surface area contributed by atoms with Gasteiger partial charge in [0.2, 0.25) is 0 Å². The Kier molecular flexibility index (Phi) is 5.89. The fraction of sp³-hybridized carbons (Fsp3) is 0.765. The van der Waals surface area contributed by atoms with Gasteiger partial charge in [-0.2, -0.15) is 0 Å². The van der Waals surface area contributed by atoms with Crippen LogP contribution in [-0.4, -0.2) is 66.8 Å². The molecule has 2 N–H and O–H groups in total. The smallest absolute Gasteiger partial charge is 0.122 e. The molecule has 3 heterocycles. The number of rotatable bonds is 6. The molecule has 0 spiro atoms. The number of furan rings is 1. The second kappa shape index (κ2) is 8.11. The summed E-state index contributed by atoms with van der Waals surface area (Å²) < 4.78 is 5.77. The van der Waals surface area contributed by atoms with Crippen molar-refractivity contribution in [1.29, 1.82) is 0 Å². The summed E-state index contributed by atoms with van der Waals surface area (Å²) in [5, 5.41) is 12.8. The molecule has 2 atom stereocenters. The van der Waals surface area contributed by atoms with Gasteiger partial charge in [-0.3, -0.25) is 9.80 Å². The highest BCUT2D eigenvalue weighted by atomic mass is 16.3. The fourth-order valence-electron chi connectivity index (χ4n) is 3.87. The van der Waals surface area contributed by atoms with E-state index in [4.69, 9.17) is 4.42 Å². The Hall–Kier alpha value is -0.880. The van der Waals surface area contributed by atoms with Gasteiger partial charge in [-0.25, -0.2) is 0 Å². The minimum Gasteiger partial charge on any atom is -0.468 e. The molecule has 0 amide bonds. The number of hydrogen-bond donors (Lipinski definition) is 2. The molecule has 0 aromatic carbocycles. The van der Waals surface area contributed by atoms with E-state index in [1.807, 2.05) is 6.07 Å². The van der Waals surface area contributed by atoms with Crippen LogP contribution in [0.1, 0.15) is 37.5 Å². The van der Waals surface area contributed by atoms with Crippen molar-refractivity contribution in [3.63, 3.8) is 0 Å². The van der Waals surface area contributed by atoms with Gasteiger partial charge in [0.25, 0.3) is 0 Å². The monoisotopic (exact) mass is 307 g/mol. The standard InChI is InChI=1S/C17H29N3O2/c21-12-6-15-4-1-2-9-20(15)16(17-5-3-13-22-17)14-19-10-7-18-8-11-19/h3,5,13,15-16,18,21H,1-2,4,6-12,14H2. The molecule has 2 unspecified atom stereocenters.